The van der Waals surface area contributed by atoms with Gasteiger partial charge in [-0.2, -0.15) is 0 Å². The Kier molecular flexibility index (Phi) is 4.06. The molecule has 2 bridgehead atoms. The third-order valence-corrected chi connectivity index (χ3v) is 6.26. The van der Waals surface area contributed by atoms with Crippen LogP contribution in [0, 0.1) is 17.3 Å². The maximum atomic E-state index is 12.9. The average Bonchev–Trinajstić information content (AvgIpc) is 2.69. The van der Waals surface area contributed by atoms with Crippen LogP contribution in [0.25, 0.3) is 0 Å². The Bertz CT molecular complexity index is 379. The van der Waals surface area contributed by atoms with Gasteiger partial charge in [-0.15, -0.1) is 0 Å². The molecule has 3 aliphatic rings. The van der Waals surface area contributed by atoms with Crippen LogP contribution in [0.3, 0.4) is 0 Å². The Morgan fingerprint density at radius 1 is 0.952 bits per heavy atom. The Morgan fingerprint density at radius 3 is 1.95 bits per heavy atom. The molecule has 0 aromatic heterocycles. The molecule has 1 aliphatic carbocycles. The second-order valence-electron chi connectivity index (χ2n) is 8.67. The zero-order chi connectivity index (χ0) is 15.2. The molecule has 3 rings (SSSR count). The van der Waals surface area contributed by atoms with E-state index in [4.69, 9.17) is 0 Å². The summed E-state index contributed by atoms with van der Waals surface area (Å²) >= 11 is 0. The largest absolute Gasteiger partial charge is 0.393 e. The van der Waals surface area contributed by atoms with E-state index in [0.717, 1.165) is 44.4 Å². The second kappa shape index (κ2) is 5.57. The second-order valence-corrected chi connectivity index (χ2v) is 8.67. The Labute approximate surface area is 129 Å². The summed E-state index contributed by atoms with van der Waals surface area (Å²) in [5.74, 6) is 1.42. The van der Waals surface area contributed by atoms with Gasteiger partial charge in [-0.05, 0) is 62.7 Å². The lowest BCUT2D eigenvalue weighted by Gasteiger charge is -2.42. The molecule has 3 nitrogen and oxygen atoms in total. The number of aliphatic hydroxyl groups is 1. The van der Waals surface area contributed by atoms with E-state index >= 15 is 0 Å². The number of hydrogen-bond acceptors (Lipinski definition) is 2. The van der Waals surface area contributed by atoms with Gasteiger partial charge in [0, 0.05) is 18.0 Å². The van der Waals surface area contributed by atoms with Crippen LogP contribution in [0.15, 0.2) is 0 Å². The molecular weight excluding hydrogens is 262 g/mol. The normalized spacial score (nSPS) is 40.4. The lowest BCUT2D eigenvalue weighted by molar-refractivity contribution is -0.143. The van der Waals surface area contributed by atoms with E-state index in [1.54, 1.807) is 0 Å². The van der Waals surface area contributed by atoms with Gasteiger partial charge >= 0.3 is 0 Å². The van der Waals surface area contributed by atoms with Gasteiger partial charge in [-0.3, -0.25) is 4.79 Å². The quantitative estimate of drug-likeness (QED) is 0.805. The highest BCUT2D eigenvalue weighted by Crippen LogP contribution is 2.43. The number of piperidine rings is 1. The van der Waals surface area contributed by atoms with E-state index in [-0.39, 0.29) is 12.0 Å². The van der Waals surface area contributed by atoms with Crippen molar-refractivity contribution in [2.75, 3.05) is 0 Å². The van der Waals surface area contributed by atoms with Crippen molar-refractivity contribution < 1.29 is 9.90 Å². The first kappa shape index (κ1) is 15.3. The summed E-state index contributed by atoms with van der Waals surface area (Å²) in [7, 11) is 0. The molecule has 0 aromatic carbocycles. The third kappa shape index (κ3) is 2.99. The average molecular weight is 293 g/mol. The highest BCUT2D eigenvalue weighted by Gasteiger charge is 2.45. The molecule has 120 valence electrons. The number of fused-ring (bicyclic) bond motifs is 2. The molecule has 2 atom stereocenters. The summed E-state index contributed by atoms with van der Waals surface area (Å²) in [6, 6.07) is 0.651. The molecule has 2 heterocycles. The van der Waals surface area contributed by atoms with E-state index in [1.165, 1.54) is 12.8 Å². The molecule has 2 aliphatic heterocycles. The van der Waals surface area contributed by atoms with Gasteiger partial charge in [-0.1, -0.05) is 20.8 Å². The topological polar surface area (TPSA) is 40.5 Å². The maximum absolute atomic E-state index is 12.9. The molecule has 0 radical (unpaired) electrons. The first-order valence-corrected chi connectivity index (χ1v) is 8.86. The van der Waals surface area contributed by atoms with Gasteiger partial charge in [-0.25, -0.2) is 0 Å². The summed E-state index contributed by atoms with van der Waals surface area (Å²) in [5.41, 5.74) is 0.377. The first-order valence-electron chi connectivity index (χ1n) is 8.86. The number of rotatable bonds is 1. The number of amides is 1. The molecule has 3 fully saturated rings. The van der Waals surface area contributed by atoms with Crippen LogP contribution in [0.1, 0.15) is 72.1 Å². The van der Waals surface area contributed by atoms with Crippen molar-refractivity contribution in [2.24, 2.45) is 17.3 Å². The SMILES string of the molecule is CC(C)(C)C1CCC(C(=O)N2C3CCC2CC(O)C3)CC1. The van der Waals surface area contributed by atoms with Crippen molar-refractivity contribution in [3.8, 4) is 0 Å². The van der Waals surface area contributed by atoms with Crippen molar-refractivity contribution in [3.05, 3.63) is 0 Å². The highest BCUT2D eigenvalue weighted by atomic mass is 16.3. The van der Waals surface area contributed by atoms with E-state index < -0.39 is 0 Å². The third-order valence-electron chi connectivity index (χ3n) is 6.26. The number of carbonyl (C=O) groups is 1. The fourth-order valence-corrected chi connectivity index (χ4v) is 4.93. The van der Waals surface area contributed by atoms with Gasteiger partial charge in [0.2, 0.25) is 5.91 Å². The summed E-state index contributed by atoms with van der Waals surface area (Å²) in [5, 5.41) is 9.89. The summed E-state index contributed by atoms with van der Waals surface area (Å²) < 4.78 is 0. The first-order chi connectivity index (χ1) is 9.86. The van der Waals surface area contributed by atoms with Crippen LogP contribution in [0.5, 0.6) is 0 Å². The molecule has 2 saturated heterocycles. The predicted molar refractivity (Wildman–Crippen MR) is 83.8 cm³/mol. The van der Waals surface area contributed by atoms with Gasteiger partial charge < -0.3 is 10.0 Å². The van der Waals surface area contributed by atoms with Crippen molar-refractivity contribution in [1.29, 1.82) is 0 Å². The van der Waals surface area contributed by atoms with Crippen LogP contribution < -0.4 is 0 Å². The van der Waals surface area contributed by atoms with Crippen molar-refractivity contribution >= 4 is 5.91 Å². The summed E-state index contributed by atoms with van der Waals surface area (Å²) in [4.78, 5) is 15.1. The predicted octanol–water partition coefficient (Wildman–Crippen LogP) is 3.35. The molecule has 1 N–H and O–H groups in total. The van der Waals surface area contributed by atoms with Gasteiger partial charge in [0.1, 0.15) is 0 Å². The van der Waals surface area contributed by atoms with E-state index in [1.807, 2.05) is 0 Å². The molecule has 21 heavy (non-hydrogen) atoms. The lowest BCUT2D eigenvalue weighted by Crippen LogP contribution is -2.50. The minimum Gasteiger partial charge on any atom is -0.393 e. The molecule has 3 heteroatoms. The van der Waals surface area contributed by atoms with Gasteiger partial charge in [0.15, 0.2) is 0 Å². The van der Waals surface area contributed by atoms with Crippen molar-refractivity contribution in [1.82, 2.24) is 4.90 Å². The number of aliphatic hydroxyl groups excluding tert-OH is 1. The van der Waals surface area contributed by atoms with Crippen LogP contribution >= 0.6 is 0 Å². The van der Waals surface area contributed by atoms with Crippen LogP contribution in [0.4, 0.5) is 0 Å². The van der Waals surface area contributed by atoms with E-state index in [0.29, 0.717) is 23.4 Å². The minimum atomic E-state index is -0.178. The number of carbonyl (C=O) groups excluding carboxylic acids is 1. The maximum Gasteiger partial charge on any atom is 0.226 e. The van der Waals surface area contributed by atoms with Crippen LogP contribution in [-0.2, 0) is 4.79 Å². The van der Waals surface area contributed by atoms with Crippen molar-refractivity contribution in [2.45, 2.75) is 90.3 Å². The molecule has 1 saturated carbocycles. The zero-order valence-electron chi connectivity index (χ0n) is 13.8. The number of hydrogen-bond donors (Lipinski definition) is 1. The van der Waals surface area contributed by atoms with Gasteiger partial charge in [0.25, 0.3) is 0 Å². The Balaban J connectivity index is 1.60. The fourth-order valence-electron chi connectivity index (χ4n) is 4.93. The molecule has 0 aromatic rings. The molecular formula is C18H31NO2. The Hall–Kier alpha value is -0.570. The standard InChI is InChI=1S/C18H31NO2/c1-18(2,3)13-6-4-12(5-7-13)17(21)19-14-8-9-15(19)11-16(20)10-14/h12-16,20H,4-11H2,1-3H3. The zero-order valence-corrected chi connectivity index (χ0v) is 13.8. The number of nitrogens with zero attached hydrogens (tertiary/aromatic N) is 1. The highest BCUT2D eigenvalue weighted by molar-refractivity contribution is 5.80. The monoisotopic (exact) mass is 293 g/mol. The molecule has 1 amide bonds. The fraction of sp³-hybridized carbons (Fsp3) is 0.944. The molecule has 0 spiro atoms. The summed E-state index contributed by atoms with van der Waals surface area (Å²) in [6.07, 6.45) is 8.17. The van der Waals surface area contributed by atoms with E-state index in [2.05, 4.69) is 25.7 Å². The minimum absolute atomic E-state index is 0.178. The van der Waals surface area contributed by atoms with Crippen LogP contribution in [0.2, 0.25) is 0 Å². The van der Waals surface area contributed by atoms with E-state index in [9.17, 15) is 9.90 Å². The smallest absolute Gasteiger partial charge is 0.226 e. The Morgan fingerprint density at radius 2 is 1.48 bits per heavy atom. The lowest BCUT2D eigenvalue weighted by atomic mass is 9.69. The summed E-state index contributed by atoms with van der Waals surface area (Å²) in [6.45, 7) is 6.98. The van der Waals surface area contributed by atoms with Gasteiger partial charge in [0.05, 0.1) is 6.10 Å². The van der Waals surface area contributed by atoms with Crippen LogP contribution in [-0.4, -0.2) is 34.1 Å². The van der Waals surface area contributed by atoms with Crippen molar-refractivity contribution in [3.63, 3.8) is 0 Å². The molecule has 2 unspecified atom stereocenters.